The van der Waals surface area contributed by atoms with Crippen LogP contribution in [0.4, 0.5) is 0 Å². The molecule has 7 nitrogen and oxygen atoms in total. The summed E-state index contributed by atoms with van der Waals surface area (Å²) in [4.78, 5) is 18.3. The fraction of sp³-hybridized carbons (Fsp3) is 0.0938. The monoisotopic (exact) mass is 593 g/mol. The van der Waals surface area contributed by atoms with Gasteiger partial charge in [0.1, 0.15) is 12.2 Å². The molecule has 0 aliphatic rings. The molecule has 8 heteroatoms. The SMILES string of the molecule is COc1cc(C=Nn2c(-c3cc4ccccc4o3)nc3ccccc3c2=O)cc(Br)c1OCc1cccc(C)c1. The molecule has 0 saturated heterocycles. The molecule has 0 unspecified atom stereocenters. The van der Waals surface area contributed by atoms with E-state index in [1.807, 2.05) is 67.6 Å². The van der Waals surface area contributed by atoms with Crippen molar-refractivity contribution in [1.29, 1.82) is 0 Å². The van der Waals surface area contributed by atoms with E-state index in [2.05, 4.69) is 27.1 Å². The quantitative estimate of drug-likeness (QED) is 0.181. The molecule has 0 aliphatic heterocycles. The summed E-state index contributed by atoms with van der Waals surface area (Å²) in [5.74, 6) is 1.86. The number of halogens is 1. The van der Waals surface area contributed by atoms with Gasteiger partial charge in [0.2, 0.25) is 5.82 Å². The molecule has 4 aromatic carbocycles. The molecule has 0 radical (unpaired) electrons. The zero-order valence-electron chi connectivity index (χ0n) is 21.8. The number of ether oxygens (including phenoxy) is 2. The molecule has 0 fully saturated rings. The van der Waals surface area contributed by atoms with Gasteiger partial charge in [0, 0.05) is 5.39 Å². The number of para-hydroxylation sites is 2. The third kappa shape index (κ3) is 5.01. The zero-order valence-corrected chi connectivity index (χ0v) is 23.4. The molecule has 6 rings (SSSR count). The van der Waals surface area contributed by atoms with Crippen molar-refractivity contribution in [2.75, 3.05) is 7.11 Å². The number of rotatable bonds is 7. The predicted octanol–water partition coefficient (Wildman–Crippen LogP) is 7.35. The number of hydrogen-bond donors (Lipinski definition) is 0. The second kappa shape index (κ2) is 10.8. The lowest BCUT2D eigenvalue weighted by Gasteiger charge is -2.14. The number of hydrogen-bond acceptors (Lipinski definition) is 6. The fourth-order valence-electron chi connectivity index (χ4n) is 4.52. The van der Waals surface area contributed by atoms with Crippen LogP contribution in [-0.4, -0.2) is 23.0 Å². The van der Waals surface area contributed by atoms with Gasteiger partial charge in [-0.15, -0.1) is 0 Å². The molecule has 6 aromatic rings. The maximum Gasteiger partial charge on any atom is 0.282 e. The van der Waals surface area contributed by atoms with Gasteiger partial charge >= 0.3 is 0 Å². The molecule has 40 heavy (non-hydrogen) atoms. The number of aryl methyl sites for hydroxylation is 1. The van der Waals surface area contributed by atoms with Crippen LogP contribution in [0.25, 0.3) is 33.5 Å². The van der Waals surface area contributed by atoms with Crippen molar-refractivity contribution in [1.82, 2.24) is 9.66 Å². The Morgan fingerprint density at radius 2 is 1.82 bits per heavy atom. The zero-order chi connectivity index (χ0) is 27.6. The maximum atomic E-state index is 13.6. The normalized spacial score (nSPS) is 11.5. The van der Waals surface area contributed by atoms with Crippen LogP contribution in [0.15, 0.2) is 110 Å². The molecule has 2 heterocycles. The van der Waals surface area contributed by atoms with Crippen molar-refractivity contribution in [2.24, 2.45) is 5.10 Å². The van der Waals surface area contributed by atoms with Crippen LogP contribution in [0.5, 0.6) is 11.5 Å². The van der Waals surface area contributed by atoms with E-state index in [0.717, 1.165) is 10.9 Å². The van der Waals surface area contributed by atoms with E-state index in [4.69, 9.17) is 18.9 Å². The van der Waals surface area contributed by atoms with Crippen molar-refractivity contribution in [3.8, 4) is 23.1 Å². The lowest BCUT2D eigenvalue weighted by Crippen LogP contribution is -2.20. The topological polar surface area (TPSA) is 78.9 Å². The van der Waals surface area contributed by atoms with E-state index in [1.165, 1.54) is 10.2 Å². The summed E-state index contributed by atoms with van der Waals surface area (Å²) in [6.07, 6.45) is 1.58. The highest BCUT2D eigenvalue weighted by molar-refractivity contribution is 9.10. The molecular formula is C32H24BrN3O4. The second-order valence-electron chi connectivity index (χ2n) is 9.27. The molecule has 0 amide bonds. The van der Waals surface area contributed by atoms with Gasteiger partial charge in [-0.25, -0.2) is 4.98 Å². The molecule has 0 aliphatic carbocycles. The van der Waals surface area contributed by atoms with Crippen LogP contribution >= 0.6 is 15.9 Å². The number of benzene rings is 4. The molecule has 0 bridgehead atoms. The highest BCUT2D eigenvalue weighted by Crippen LogP contribution is 2.37. The van der Waals surface area contributed by atoms with Crippen LogP contribution < -0.4 is 15.0 Å². The van der Waals surface area contributed by atoms with E-state index in [-0.39, 0.29) is 5.56 Å². The van der Waals surface area contributed by atoms with Gasteiger partial charge < -0.3 is 13.9 Å². The average molecular weight is 594 g/mol. The van der Waals surface area contributed by atoms with Crippen LogP contribution in [0.1, 0.15) is 16.7 Å². The Morgan fingerprint density at radius 1 is 1.00 bits per heavy atom. The van der Waals surface area contributed by atoms with Crippen molar-refractivity contribution in [2.45, 2.75) is 13.5 Å². The molecule has 2 aromatic heterocycles. The first-order valence-electron chi connectivity index (χ1n) is 12.6. The van der Waals surface area contributed by atoms with E-state index in [1.54, 1.807) is 37.6 Å². The van der Waals surface area contributed by atoms with Gasteiger partial charge in [-0.1, -0.05) is 60.2 Å². The smallest absolute Gasteiger partial charge is 0.282 e. The molecule has 0 N–H and O–H groups in total. The Bertz CT molecular complexity index is 1930. The number of nitrogens with zero attached hydrogens (tertiary/aromatic N) is 3. The summed E-state index contributed by atoms with van der Waals surface area (Å²) in [7, 11) is 1.58. The third-order valence-corrected chi connectivity index (χ3v) is 7.03. The Kier molecular flexibility index (Phi) is 6.92. The average Bonchev–Trinajstić information content (AvgIpc) is 3.40. The Labute approximate surface area is 238 Å². The van der Waals surface area contributed by atoms with Gasteiger partial charge in [-0.3, -0.25) is 4.79 Å². The first kappa shape index (κ1) is 25.6. The van der Waals surface area contributed by atoms with Gasteiger partial charge in [-0.05, 0) is 70.4 Å². The maximum absolute atomic E-state index is 13.6. The largest absolute Gasteiger partial charge is 0.493 e. The van der Waals surface area contributed by atoms with Crippen LogP contribution in [0.3, 0.4) is 0 Å². The minimum atomic E-state index is -0.304. The highest BCUT2D eigenvalue weighted by atomic mass is 79.9. The lowest BCUT2D eigenvalue weighted by molar-refractivity contribution is 0.282. The fourth-order valence-corrected chi connectivity index (χ4v) is 5.09. The predicted molar refractivity (Wildman–Crippen MR) is 160 cm³/mol. The van der Waals surface area contributed by atoms with Gasteiger partial charge in [0.25, 0.3) is 5.56 Å². The summed E-state index contributed by atoms with van der Waals surface area (Å²) < 4.78 is 19.7. The highest BCUT2D eigenvalue weighted by Gasteiger charge is 2.17. The number of methoxy groups -OCH3 is 1. The summed E-state index contributed by atoms with van der Waals surface area (Å²) in [5.41, 5.74) is 3.88. The number of aromatic nitrogens is 2. The van der Waals surface area contributed by atoms with E-state index in [0.29, 0.717) is 56.2 Å². The standard InChI is InChI=1S/C32H24BrN3O4/c1-20-8-7-9-21(14-20)19-39-30-25(33)15-22(16-28(30)38-2)18-34-36-31(29-17-23-10-3-6-13-27(23)40-29)35-26-12-5-4-11-24(26)32(36)37/h3-18H,19H2,1-2H3. The Balaban J connectivity index is 1.39. The van der Waals surface area contributed by atoms with Crippen LogP contribution in [-0.2, 0) is 6.61 Å². The summed E-state index contributed by atoms with van der Waals surface area (Å²) in [5, 5.41) is 5.93. The summed E-state index contributed by atoms with van der Waals surface area (Å²) in [6.45, 7) is 2.44. The molecular weight excluding hydrogens is 570 g/mol. The number of fused-ring (bicyclic) bond motifs is 2. The van der Waals surface area contributed by atoms with E-state index >= 15 is 0 Å². The molecule has 0 atom stereocenters. The van der Waals surface area contributed by atoms with Crippen molar-refractivity contribution < 1.29 is 13.9 Å². The second-order valence-corrected chi connectivity index (χ2v) is 10.1. The molecule has 0 spiro atoms. The van der Waals surface area contributed by atoms with Gasteiger partial charge in [0.15, 0.2) is 17.3 Å². The van der Waals surface area contributed by atoms with Crippen molar-refractivity contribution in [3.63, 3.8) is 0 Å². The van der Waals surface area contributed by atoms with Crippen molar-refractivity contribution in [3.05, 3.63) is 123 Å². The van der Waals surface area contributed by atoms with Gasteiger partial charge in [-0.2, -0.15) is 9.78 Å². The minimum Gasteiger partial charge on any atom is -0.493 e. The third-order valence-electron chi connectivity index (χ3n) is 6.44. The molecule has 0 saturated carbocycles. The molecule has 198 valence electrons. The van der Waals surface area contributed by atoms with Crippen LogP contribution in [0, 0.1) is 6.92 Å². The first-order chi connectivity index (χ1) is 19.5. The number of furan rings is 1. The van der Waals surface area contributed by atoms with E-state index < -0.39 is 0 Å². The van der Waals surface area contributed by atoms with Gasteiger partial charge in [0.05, 0.1) is 28.7 Å². The van der Waals surface area contributed by atoms with E-state index in [9.17, 15) is 4.79 Å². The Morgan fingerprint density at radius 3 is 2.65 bits per heavy atom. The first-order valence-corrected chi connectivity index (χ1v) is 13.4. The minimum absolute atomic E-state index is 0.304. The van der Waals surface area contributed by atoms with Crippen molar-refractivity contribution >= 4 is 44.0 Å². The summed E-state index contributed by atoms with van der Waals surface area (Å²) >= 11 is 3.61. The lowest BCUT2D eigenvalue weighted by atomic mass is 10.1. The Hall–Kier alpha value is -4.69. The van der Waals surface area contributed by atoms with Crippen LogP contribution in [0.2, 0.25) is 0 Å². The summed E-state index contributed by atoms with van der Waals surface area (Å²) in [6, 6.07) is 28.5.